The standard InChI is InChI=1S/C21H32N2O4/c1-4-27-21(26)13-16-23(15-6-14-22-18(3)24)20(25)8-5-7-19-11-9-17(2)10-12-19/h9-12H,4-8,13-16H2,1-3H3,(H,22,24). The molecule has 6 heteroatoms. The monoisotopic (exact) mass is 376 g/mol. The molecule has 0 bridgehead atoms. The topological polar surface area (TPSA) is 75.7 Å². The van der Waals surface area contributed by atoms with Gasteiger partial charge in [0.2, 0.25) is 11.8 Å². The molecule has 1 N–H and O–H groups in total. The lowest BCUT2D eigenvalue weighted by atomic mass is 10.1. The van der Waals surface area contributed by atoms with Crippen LogP contribution in [0.5, 0.6) is 0 Å². The van der Waals surface area contributed by atoms with Gasteiger partial charge in [0.15, 0.2) is 0 Å². The fraction of sp³-hybridized carbons (Fsp3) is 0.571. The zero-order valence-corrected chi connectivity index (χ0v) is 16.8. The molecule has 0 aromatic heterocycles. The van der Waals surface area contributed by atoms with E-state index in [9.17, 15) is 14.4 Å². The Hall–Kier alpha value is -2.37. The van der Waals surface area contributed by atoms with E-state index >= 15 is 0 Å². The smallest absolute Gasteiger partial charge is 0.307 e. The van der Waals surface area contributed by atoms with Crippen molar-refractivity contribution in [3.8, 4) is 0 Å². The SMILES string of the molecule is CCOC(=O)CCN(CCCNC(C)=O)C(=O)CCCc1ccc(C)cc1. The van der Waals surface area contributed by atoms with Crippen LogP contribution in [0.4, 0.5) is 0 Å². The van der Waals surface area contributed by atoms with E-state index in [0.717, 1.165) is 12.8 Å². The molecule has 0 aliphatic heterocycles. The minimum Gasteiger partial charge on any atom is -0.466 e. The molecule has 6 nitrogen and oxygen atoms in total. The zero-order valence-electron chi connectivity index (χ0n) is 16.8. The van der Waals surface area contributed by atoms with Gasteiger partial charge in [-0.2, -0.15) is 0 Å². The second-order valence-corrected chi connectivity index (χ2v) is 6.61. The molecular formula is C21H32N2O4. The molecular weight excluding hydrogens is 344 g/mol. The van der Waals surface area contributed by atoms with Crippen LogP contribution in [-0.4, -0.2) is 48.9 Å². The lowest BCUT2D eigenvalue weighted by molar-refractivity contribution is -0.144. The van der Waals surface area contributed by atoms with E-state index in [4.69, 9.17) is 4.74 Å². The molecule has 1 aromatic carbocycles. The van der Waals surface area contributed by atoms with E-state index < -0.39 is 0 Å². The fourth-order valence-corrected chi connectivity index (χ4v) is 2.71. The molecule has 0 saturated carbocycles. The number of carbonyl (C=O) groups excluding carboxylic acids is 3. The molecule has 0 radical (unpaired) electrons. The predicted octanol–water partition coefficient (Wildman–Crippen LogP) is 2.63. The van der Waals surface area contributed by atoms with Crippen LogP contribution in [0.2, 0.25) is 0 Å². The number of amides is 2. The van der Waals surface area contributed by atoms with Crippen LogP contribution < -0.4 is 5.32 Å². The summed E-state index contributed by atoms with van der Waals surface area (Å²) in [5.41, 5.74) is 2.44. The number of hydrogen-bond donors (Lipinski definition) is 1. The van der Waals surface area contributed by atoms with E-state index in [2.05, 4.69) is 36.5 Å². The van der Waals surface area contributed by atoms with Crippen LogP contribution in [0.3, 0.4) is 0 Å². The number of nitrogens with one attached hydrogen (secondary N) is 1. The van der Waals surface area contributed by atoms with E-state index in [1.807, 2.05) is 0 Å². The van der Waals surface area contributed by atoms with Crippen molar-refractivity contribution >= 4 is 17.8 Å². The van der Waals surface area contributed by atoms with Gasteiger partial charge in [-0.15, -0.1) is 0 Å². The Morgan fingerprint density at radius 3 is 2.37 bits per heavy atom. The first kappa shape index (κ1) is 22.7. The highest BCUT2D eigenvalue weighted by Crippen LogP contribution is 2.09. The molecule has 0 unspecified atom stereocenters. The number of aryl methyl sites for hydroxylation is 2. The third kappa shape index (κ3) is 10.4. The van der Waals surface area contributed by atoms with Gasteiger partial charge in [-0.1, -0.05) is 29.8 Å². The largest absolute Gasteiger partial charge is 0.466 e. The Kier molecular flexibility index (Phi) is 10.8. The number of benzene rings is 1. The van der Waals surface area contributed by atoms with Gasteiger partial charge >= 0.3 is 5.97 Å². The number of rotatable bonds is 12. The van der Waals surface area contributed by atoms with Gasteiger partial charge in [-0.3, -0.25) is 14.4 Å². The summed E-state index contributed by atoms with van der Waals surface area (Å²) in [6, 6.07) is 8.33. The third-order valence-corrected chi connectivity index (χ3v) is 4.20. The normalized spacial score (nSPS) is 10.3. The number of esters is 1. The van der Waals surface area contributed by atoms with Gasteiger partial charge in [0.25, 0.3) is 0 Å². The molecule has 0 aliphatic rings. The lowest BCUT2D eigenvalue weighted by Gasteiger charge is -2.22. The summed E-state index contributed by atoms with van der Waals surface area (Å²) < 4.78 is 4.94. The first-order valence-electron chi connectivity index (χ1n) is 9.65. The fourth-order valence-electron chi connectivity index (χ4n) is 2.71. The average molecular weight is 376 g/mol. The summed E-state index contributed by atoms with van der Waals surface area (Å²) in [6.07, 6.45) is 2.91. The van der Waals surface area contributed by atoms with Gasteiger partial charge in [0.1, 0.15) is 0 Å². The number of carbonyl (C=O) groups is 3. The second kappa shape index (κ2) is 12.9. The highest BCUT2D eigenvalue weighted by atomic mass is 16.5. The molecule has 2 amide bonds. The Morgan fingerprint density at radius 2 is 1.74 bits per heavy atom. The molecule has 1 aromatic rings. The molecule has 1 rings (SSSR count). The summed E-state index contributed by atoms with van der Waals surface area (Å²) in [5.74, 6) is -0.344. The first-order valence-corrected chi connectivity index (χ1v) is 9.65. The number of nitrogens with zero attached hydrogens (tertiary/aromatic N) is 1. The van der Waals surface area contributed by atoms with Crippen LogP contribution >= 0.6 is 0 Å². The zero-order chi connectivity index (χ0) is 20.1. The molecule has 0 fully saturated rings. The summed E-state index contributed by atoms with van der Waals surface area (Å²) in [6.45, 7) is 7.00. The van der Waals surface area contributed by atoms with Gasteiger partial charge in [0.05, 0.1) is 13.0 Å². The van der Waals surface area contributed by atoms with Gasteiger partial charge in [-0.05, 0) is 38.7 Å². The van der Waals surface area contributed by atoms with Crippen LogP contribution in [0.25, 0.3) is 0 Å². The highest BCUT2D eigenvalue weighted by Gasteiger charge is 2.15. The third-order valence-electron chi connectivity index (χ3n) is 4.20. The van der Waals surface area contributed by atoms with Crippen LogP contribution in [0.1, 0.15) is 50.7 Å². The van der Waals surface area contributed by atoms with Crippen molar-refractivity contribution < 1.29 is 19.1 Å². The van der Waals surface area contributed by atoms with Crippen molar-refractivity contribution in [1.29, 1.82) is 0 Å². The number of hydrogen-bond acceptors (Lipinski definition) is 4. The Morgan fingerprint density at radius 1 is 1.04 bits per heavy atom. The predicted molar refractivity (Wildman–Crippen MR) is 105 cm³/mol. The van der Waals surface area contributed by atoms with E-state index in [1.54, 1.807) is 11.8 Å². The maximum Gasteiger partial charge on any atom is 0.307 e. The molecule has 0 heterocycles. The highest BCUT2D eigenvalue weighted by molar-refractivity contribution is 5.77. The number of ether oxygens (including phenoxy) is 1. The molecule has 27 heavy (non-hydrogen) atoms. The minimum absolute atomic E-state index is 0.0363. The van der Waals surface area contributed by atoms with Crippen molar-refractivity contribution in [1.82, 2.24) is 10.2 Å². The van der Waals surface area contributed by atoms with Crippen LogP contribution in [0, 0.1) is 6.92 Å². The average Bonchev–Trinajstić information content (AvgIpc) is 2.62. The summed E-state index contributed by atoms with van der Waals surface area (Å²) >= 11 is 0. The van der Waals surface area contributed by atoms with E-state index in [-0.39, 0.29) is 24.2 Å². The molecule has 150 valence electrons. The van der Waals surface area contributed by atoms with Crippen LogP contribution in [-0.2, 0) is 25.5 Å². The molecule has 0 saturated heterocycles. The minimum atomic E-state index is -0.295. The molecule has 0 spiro atoms. The Labute approximate surface area is 162 Å². The second-order valence-electron chi connectivity index (χ2n) is 6.61. The summed E-state index contributed by atoms with van der Waals surface area (Å²) in [4.78, 5) is 36.8. The van der Waals surface area contributed by atoms with E-state index in [0.29, 0.717) is 39.1 Å². The lowest BCUT2D eigenvalue weighted by Crippen LogP contribution is -2.35. The van der Waals surface area contributed by atoms with Crippen molar-refractivity contribution in [2.75, 3.05) is 26.2 Å². The van der Waals surface area contributed by atoms with E-state index in [1.165, 1.54) is 18.1 Å². The van der Waals surface area contributed by atoms with Gasteiger partial charge < -0.3 is 15.0 Å². The molecule has 0 atom stereocenters. The van der Waals surface area contributed by atoms with Crippen LogP contribution in [0.15, 0.2) is 24.3 Å². The summed E-state index contributed by atoms with van der Waals surface area (Å²) in [7, 11) is 0. The van der Waals surface area contributed by atoms with Gasteiger partial charge in [0, 0.05) is 33.0 Å². The quantitative estimate of drug-likeness (QED) is 0.449. The summed E-state index contributed by atoms with van der Waals surface area (Å²) in [5, 5.41) is 2.73. The maximum absolute atomic E-state index is 12.6. The van der Waals surface area contributed by atoms with Crippen molar-refractivity contribution in [2.24, 2.45) is 0 Å². The first-order chi connectivity index (χ1) is 12.9. The Bertz CT molecular complexity index is 599. The maximum atomic E-state index is 12.6. The van der Waals surface area contributed by atoms with Crippen molar-refractivity contribution in [3.05, 3.63) is 35.4 Å². The van der Waals surface area contributed by atoms with Crippen molar-refractivity contribution in [2.45, 2.75) is 52.9 Å². The van der Waals surface area contributed by atoms with Gasteiger partial charge in [-0.25, -0.2) is 0 Å². The van der Waals surface area contributed by atoms with Crippen molar-refractivity contribution in [3.63, 3.8) is 0 Å². The Balaban J connectivity index is 2.46. The molecule has 0 aliphatic carbocycles.